The molecule has 0 spiro atoms. The molecule has 0 radical (unpaired) electrons. The molecule has 1 N–H and O–H groups in total. The van der Waals surface area contributed by atoms with Crippen molar-refractivity contribution in [1.82, 2.24) is 10.2 Å². The third kappa shape index (κ3) is 5.15. The van der Waals surface area contributed by atoms with Crippen molar-refractivity contribution in [3.63, 3.8) is 0 Å². The summed E-state index contributed by atoms with van der Waals surface area (Å²) in [5.74, 6) is -0.127. The van der Waals surface area contributed by atoms with Gasteiger partial charge in [-0.05, 0) is 64.3 Å². The second-order valence-electron chi connectivity index (χ2n) is 4.52. The lowest BCUT2D eigenvalue weighted by Gasteiger charge is -2.19. The van der Waals surface area contributed by atoms with Gasteiger partial charge >= 0.3 is 0 Å². The van der Waals surface area contributed by atoms with Gasteiger partial charge < -0.3 is 10.2 Å². The summed E-state index contributed by atoms with van der Waals surface area (Å²) in [4.78, 5) is 2.14. The number of likely N-dealkylation sites (N-methyl/N-ethyl adjacent to an activating group) is 1. The van der Waals surface area contributed by atoms with Crippen LogP contribution >= 0.6 is 15.9 Å². The first-order valence-electron chi connectivity index (χ1n) is 5.79. The molecule has 0 heterocycles. The summed E-state index contributed by atoms with van der Waals surface area (Å²) < 4.78 is 14.5. The molecule has 1 rings (SSSR count). The highest BCUT2D eigenvalue weighted by Crippen LogP contribution is 2.17. The maximum Gasteiger partial charge on any atom is 0.126 e. The number of hydrogen-bond acceptors (Lipinski definition) is 2. The minimum absolute atomic E-state index is 0.127. The second kappa shape index (κ2) is 7.09. The molecule has 1 aromatic carbocycles. The fourth-order valence-electron chi connectivity index (χ4n) is 1.73. The quantitative estimate of drug-likeness (QED) is 0.869. The largest absolute Gasteiger partial charge is 0.317 e. The molecule has 0 aliphatic rings. The van der Waals surface area contributed by atoms with Crippen molar-refractivity contribution in [3.05, 3.63) is 34.1 Å². The zero-order chi connectivity index (χ0) is 12.8. The van der Waals surface area contributed by atoms with E-state index in [1.54, 1.807) is 6.07 Å². The Morgan fingerprint density at radius 1 is 1.41 bits per heavy atom. The molecule has 96 valence electrons. The molecule has 0 amide bonds. The highest BCUT2D eigenvalue weighted by atomic mass is 79.9. The highest BCUT2D eigenvalue weighted by Gasteiger charge is 2.11. The van der Waals surface area contributed by atoms with Crippen LogP contribution in [-0.2, 0) is 6.42 Å². The van der Waals surface area contributed by atoms with Gasteiger partial charge in [0.05, 0.1) is 0 Å². The van der Waals surface area contributed by atoms with Gasteiger partial charge in [0.1, 0.15) is 5.82 Å². The lowest BCUT2D eigenvalue weighted by Crippen LogP contribution is -2.31. The molecule has 0 saturated heterocycles. The topological polar surface area (TPSA) is 15.3 Å². The van der Waals surface area contributed by atoms with E-state index in [1.165, 1.54) is 6.07 Å². The van der Waals surface area contributed by atoms with Crippen molar-refractivity contribution < 1.29 is 4.39 Å². The molecule has 17 heavy (non-hydrogen) atoms. The number of nitrogens with one attached hydrogen (secondary N) is 1. The minimum atomic E-state index is -0.127. The molecule has 1 aromatic rings. The number of rotatable bonds is 6. The van der Waals surface area contributed by atoms with Gasteiger partial charge in [-0.25, -0.2) is 4.39 Å². The summed E-state index contributed by atoms with van der Waals surface area (Å²) in [7, 11) is 6.02. The molecule has 0 fully saturated rings. The predicted molar refractivity (Wildman–Crippen MR) is 73.8 cm³/mol. The van der Waals surface area contributed by atoms with Crippen LogP contribution in [0.5, 0.6) is 0 Å². The van der Waals surface area contributed by atoms with Gasteiger partial charge in [-0.3, -0.25) is 0 Å². The van der Waals surface area contributed by atoms with Crippen molar-refractivity contribution in [2.24, 2.45) is 0 Å². The van der Waals surface area contributed by atoms with E-state index in [0.29, 0.717) is 6.04 Å². The van der Waals surface area contributed by atoms with Crippen molar-refractivity contribution in [2.75, 3.05) is 27.7 Å². The van der Waals surface area contributed by atoms with Gasteiger partial charge in [0.2, 0.25) is 0 Å². The van der Waals surface area contributed by atoms with Crippen LogP contribution in [0.1, 0.15) is 12.0 Å². The Morgan fingerprint density at radius 2 is 2.12 bits per heavy atom. The average Bonchev–Trinajstić information content (AvgIpc) is 2.28. The van der Waals surface area contributed by atoms with Crippen LogP contribution in [-0.4, -0.2) is 38.6 Å². The summed E-state index contributed by atoms with van der Waals surface area (Å²) >= 11 is 3.38. The Morgan fingerprint density at radius 3 is 2.71 bits per heavy atom. The standard InChI is InChI=1S/C13H20BrFN2/c1-16-12(6-7-17(2)3)9-10-8-11(14)4-5-13(10)15/h4-5,8,12,16H,6-7,9H2,1-3H3. The first-order chi connectivity index (χ1) is 8.02. The molecule has 0 aromatic heterocycles. The number of nitrogens with zero attached hydrogens (tertiary/aromatic N) is 1. The van der Waals surface area contributed by atoms with E-state index in [1.807, 2.05) is 27.2 Å². The molecular formula is C13H20BrFN2. The normalized spacial score (nSPS) is 13.1. The van der Waals surface area contributed by atoms with Gasteiger partial charge in [-0.2, -0.15) is 0 Å². The number of halogens is 2. The third-order valence-electron chi connectivity index (χ3n) is 2.81. The van der Waals surface area contributed by atoms with Crippen LogP contribution in [0, 0.1) is 5.82 Å². The molecule has 0 bridgehead atoms. The van der Waals surface area contributed by atoms with Gasteiger partial charge in [-0.15, -0.1) is 0 Å². The fraction of sp³-hybridized carbons (Fsp3) is 0.538. The van der Waals surface area contributed by atoms with E-state index >= 15 is 0 Å². The van der Waals surface area contributed by atoms with Crippen molar-refractivity contribution in [1.29, 1.82) is 0 Å². The Labute approximate surface area is 111 Å². The lowest BCUT2D eigenvalue weighted by atomic mass is 10.0. The summed E-state index contributed by atoms with van der Waals surface area (Å²) in [5.41, 5.74) is 0.762. The molecule has 0 aliphatic carbocycles. The zero-order valence-corrected chi connectivity index (χ0v) is 12.2. The van der Waals surface area contributed by atoms with Gasteiger partial charge in [0, 0.05) is 10.5 Å². The smallest absolute Gasteiger partial charge is 0.126 e. The van der Waals surface area contributed by atoms with Crippen LogP contribution in [0.3, 0.4) is 0 Å². The van der Waals surface area contributed by atoms with Gasteiger partial charge in [-0.1, -0.05) is 15.9 Å². The maximum absolute atomic E-state index is 13.6. The molecule has 0 aliphatic heterocycles. The monoisotopic (exact) mass is 302 g/mol. The Balaban J connectivity index is 2.63. The SMILES string of the molecule is CNC(CCN(C)C)Cc1cc(Br)ccc1F. The van der Waals surface area contributed by atoms with E-state index < -0.39 is 0 Å². The summed E-state index contributed by atoms with van der Waals surface area (Å²) in [6.07, 6.45) is 1.73. The molecule has 0 saturated carbocycles. The van der Waals surface area contributed by atoms with Crippen molar-refractivity contribution in [2.45, 2.75) is 18.9 Å². The molecule has 1 unspecified atom stereocenters. The van der Waals surface area contributed by atoms with E-state index in [9.17, 15) is 4.39 Å². The van der Waals surface area contributed by atoms with E-state index in [4.69, 9.17) is 0 Å². The van der Waals surface area contributed by atoms with Crippen LogP contribution < -0.4 is 5.32 Å². The molecule has 1 atom stereocenters. The number of benzene rings is 1. The Hall–Kier alpha value is -0.450. The minimum Gasteiger partial charge on any atom is -0.317 e. The summed E-state index contributed by atoms with van der Waals surface area (Å²) in [6.45, 7) is 1.00. The first-order valence-corrected chi connectivity index (χ1v) is 6.58. The third-order valence-corrected chi connectivity index (χ3v) is 3.30. The van der Waals surface area contributed by atoms with E-state index in [2.05, 4.69) is 26.1 Å². The fourth-order valence-corrected chi connectivity index (χ4v) is 2.14. The average molecular weight is 303 g/mol. The van der Waals surface area contributed by atoms with E-state index in [0.717, 1.165) is 29.4 Å². The lowest BCUT2D eigenvalue weighted by molar-refractivity contribution is 0.363. The highest BCUT2D eigenvalue weighted by molar-refractivity contribution is 9.10. The van der Waals surface area contributed by atoms with Gasteiger partial charge in [0.25, 0.3) is 0 Å². The van der Waals surface area contributed by atoms with Crippen LogP contribution in [0.4, 0.5) is 4.39 Å². The Bertz CT molecular complexity index is 355. The summed E-state index contributed by atoms with van der Waals surface area (Å²) in [6, 6.07) is 5.40. The molecule has 4 heteroatoms. The van der Waals surface area contributed by atoms with Gasteiger partial charge in [0.15, 0.2) is 0 Å². The van der Waals surface area contributed by atoms with Crippen molar-refractivity contribution >= 4 is 15.9 Å². The summed E-state index contributed by atoms with van der Waals surface area (Å²) in [5, 5.41) is 3.24. The predicted octanol–water partition coefficient (Wildman–Crippen LogP) is 2.67. The zero-order valence-electron chi connectivity index (χ0n) is 10.6. The van der Waals surface area contributed by atoms with Crippen molar-refractivity contribution in [3.8, 4) is 0 Å². The maximum atomic E-state index is 13.6. The Kier molecular flexibility index (Phi) is 6.09. The first kappa shape index (κ1) is 14.6. The number of hydrogen-bond donors (Lipinski definition) is 1. The molecule has 2 nitrogen and oxygen atoms in total. The van der Waals surface area contributed by atoms with E-state index in [-0.39, 0.29) is 5.82 Å². The van der Waals surface area contributed by atoms with Crippen LogP contribution in [0.25, 0.3) is 0 Å². The molecular weight excluding hydrogens is 283 g/mol. The van der Waals surface area contributed by atoms with Crippen LogP contribution in [0.15, 0.2) is 22.7 Å². The van der Waals surface area contributed by atoms with Crippen LogP contribution in [0.2, 0.25) is 0 Å². The second-order valence-corrected chi connectivity index (χ2v) is 5.43.